The van der Waals surface area contributed by atoms with Crippen LogP contribution in [0.4, 0.5) is 0 Å². The van der Waals surface area contributed by atoms with Crippen molar-refractivity contribution in [2.75, 3.05) is 13.2 Å². The number of hydrogen-bond donors (Lipinski definition) is 1. The van der Waals surface area contributed by atoms with Gasteiger partial charge in [0.05, 0.1) is 12.8 Å². The van der Waals surface area contributed by atoms with Gasteiger partial charge in [-0.2, -0.15) is 5.10 Å². The van der Waals surface area contributed by atoms with Crippen LogP contribution in [0.15, 0.2) is 47.6 Å². The third kappa shape index (κ3) is 6.77. The van der Waals surface area contributed by atoms with Crippen LogP contribution in [0.3, 0.4) is 0 Å². The molecule has 0 spiro atoms. The zero-order valence-electron chi connectivity index (χ0n) is 16.5. The van der Waals surface area contributed by atoms with E-state index in [1.165, 1.54) is 0 Å². The molecule has 0 saturated heterocycles. The summed E-state index contributed by atoms with van der Waals surface area (Å²) in [6.45, 7) is 8.88. The Kier molecular flexibility index (Phi) is 7.86. The van der Waals surface area contributed by atoms with Crippen LogP contribution in [0.5, 0.6) is 11.5 Å². The van der Waals surface area contributed by atoms with Crippen LogP contribution in [0.1, 0.15) is 49.8 Å². The molecule has 1 amide bonds. The van der Waals surface area contributed by atoms with Gasteiger partial charge in [0, 0.05) is 0 Å². The molecule has 1 N–H and O–H groups in total. The monoisotopic (exact) mass is 368 g/mol. The van der Waals surface area contributed by atoms with Crippen LogP contribution in [0.25, 0.3) is 0 Å². The minimum Gasteiger partial charge on any atom is -0.494 e. The first-order chi connectivity index (χ1) is 13.0. The van der Waals surface area contributed by atoms with E-state index in [0.29, 0.717) is 12.5 Å². The number of hydrazone groups is 1. The van der Waals surface area contributed by atoms with Crippen molar-refractivity contribution in [1.29, 1.82) is 0 Å². The second-order valence-electron chi connectivity index (χ2n) is 6.70. The van der Waals surface area contributed by atoms with E-state index in [-0.39, 0.29) is 12.5 Å². The molecule has 0 saturated carbocycles. The molecule has 5 nitrogen and oxygen atoms in total. The smallest absolute Gasteiger partial charge is 0.277 e. The maximum atomic E-state index is 12.0. The minimum atomic E-state index is -0.301. The lowest BCUT2D eigenvalue weighted by Gasteiger charge is -2.14. The van der Waals surface area contributed by atoms with E-state index in [4.69, 9.17) is 9.47 Å². The fourth-order valence-electron chi connectivity index (χ4n) is 2.47. The van der Waals surface area contributed by atoms with Gasteiger partial charge < -0.3 is 9.47 Å². The number of rotatable bonds is 9. The van der Waals surface area contributed by atoms with Crippen molar-refractivity contribution in [1.82, 2.24) is 5.43 Å². The fraction of sp³-hybridized carbons (Fsp3) is 0.364. The number of ether oxygens (including phenoxy) is 2. The third-order valence-electron chi connectivity index (χ3n) is 3.91. The van der Waals surface area contributed by atoms with Gasteiger partial charge in [0.15, 0.2) is 6.61 Å². The normalized spacial score (nSPS) is 11.0. The first-order valence-electron chi connectivity index (χ1n) is 9.27. The van der Waals surface area contributed by atoms with Gasteiger partial charge in [-0.25, -0.2) is 5.43 Å². The molecule has 0 aliphatic carbocycles. The van der Waals surface area contributed by atoms with Gasteiger partial charge in [0.1, 0.15) is 11.5 Å². The summed E-state index contributed by atoms with van der Waals surface area (Å²) in [4.78, 5) is 12.0. The van der Waals surface area contributed by atoms with Crippen molar-refractivity contribution < 1.29 is 14.3 Å². The van der Waals surface area contributed by atoms with Gasteiger partial charge in [-0.1, -0.05) is 32.9 Å². The molecule has 2 rings (SSSR count). The molecule has 0 aromatic heterocycles. The molecular formula is C22H28N2O3. The molecule has 2 aromatic rings. The highest BCUT2D eigenvalue weighted by atomic mass is 16.5. The Morgan fingerprint density at radius 1 is 1.15 bits per heavy atom. The Hall–Kier alpha value is -2.82. The van der Waals surface area contributed by atoms with E-state index in [1.54, 1.807) is 6.21 Å². The summed E-state index contributed by atoms with van der Waals surface area (Å²) in [6, 6.07) is 13.6. The number of amides is 1. The number of benzene rings is 2. The number of aryl methyl sites for hydroxylation is 1. The van der Waals surface area contributed by atoms with Gasteiger partial charge >= 0.3 is 0 Å². The van der Waals surface area contributed by atoms with Crippen molar-refractivity contribution >= 4 is 12.1 Å². The number of nitrogens with zero attached hydrogens (tertiary/aromatic N) is 1. The zero-order valence-corrected chi connectivity index (χ0v) is 16.5. The third-order valence-corrected chi connectivity index (χ3v) is 3.91. The number of hydrogen-bond acceptors (Lipinski definition) is 4. The van der Waals surface area contributed by atoms with Crippen LogP contribution in [0, 0.1) is 6.92 Å². The molecule has 0 fully saturated rings. The van der Waals surface area contributed by atoms with Crippen LogP contribution < -0.4 is 14.9 Å². The van der Waals surface area contributed by atoms with Crippen LogP contribution in [0.2, 0.25) is 0 Å². The Morgan fingerprint density at radius 2 is 1.89 bits per heavy atom. The first-order valence-corrected chi connectivity index (χ1v) is 9.27. The summed E-state index contributed by atoms with van der Waals surface area (Å²) < 4.78 is 11.2. The lowest BCUT2D eigenvalue weighted by molar-refractivity contribution is -0.123. The van der Waals surface area contributed by atoms with Gasteiger partial charge in [0.25, 0.3) is 5.91 Å². The zero-order chi connectivity index (χ0) is 19.6. The Bertz CT molecular complexity index is 768. The van der Waals surface area contributed by atoms with E-state index >= 15 is 0 Å². The maximum absolute atomic E-state index is 12.0. The number of carbonyl (C=O) groups is 1. The predicted octanol–water partition coefficient (Wildman–Crippen LogP) is 4.44. The van der Waals surface area contributed by atoms with Crippen molar-refractivity contribution in [3.05, 3.63) is 59.2 Å². The molecule has 0 bridgehead atoms. The highest BCUT2D eigenvalue weighted by Gasteiger charge is 2.10. The largest absolute Gasteiger partial charge is 0.494 e. The van der Waals surface area contributed by atoms with E-state index < -0.39 is 0 Å². The maximum Gasteiger partial charge on any atom is 0.277 e. The van der Waals surface area contributed by atoms with Crippen molar-refractivity contribution in [3.8, 4) is 11.5 Å². The lowest BCUT2D eigenvalue weighted by atomic mass is 10.0. The average Bonchev–Trinajstić information content (AvgIpc) is 2.65. The van der Waals surface area contributed by atoms with Crippen LogP contribution >= 0.6 is 0 Å². The SMILES string of the molecule is CCCOc1ccc(C=NNC(=O)COc2cc(C)ccc2C(C)C)cc1. The van der Waals surface area contributed by atoms with Gasteiger partial charge in [-0.3, -0.25) is 4.79 Å². The lowest BCUT2D eigenvalue weighted by Crippen LogP contribution is -2.25. The molecule has 5 heteroatoms. The van der Waals surface area contributed by atoms with E-state index in [9.17, 15) is 4.79 Å². The Balaban J connectivity index is 1.84. The molecule has 144 valence electrons. The molecule has 2 aromatic carbocycles. The van der Waals surface area contributed by atoms with E-state index in [2.05, 4.69) is 31.3 Å². The standard InChI is InChI=1S/C22H28N2O3/c1-5-12-26-19-9-7-18(8-10-19)14-23-24-22(25)15-27-21-13-17(4)6-11-20(21)16(2)3/h6-11,13-14,16H,5,12,15H2,1-4H3,(H,24,25). The summed E-state index contributed by atoms with van der Waals surface area (Å²) >= 11 is 0. The molecule has 0 radical (unpaired) electrons. The minimum absolute atomic E-state index is 0.0791. The van der Waals surface area contributed by atoms with Gasteiger partial charge in [-0.05, 0) is 66.3 Å². The molecule has 0 unspecified atom stereocenters. The Labute approximate surface area is 161 Å². The molecule has 0 atom stereocenters. The summed E-state index contributed by atoms with van der Waals surface area (Å²) in [5.41, 5.74) is 5.55. The summed E-state index contributed by atoms with van der Waals surface area (Å²) in [5.74, 6) is 1.59. The quantitative estimate of drug-likeness (QED) is 0.526. The highest BCUT2D eigenvalue weighted by molar-refractivity contribution is 5.83. The predicted molar refractivity (Wildman–Crippen MR) is 109 cm³/mol. The molecular weight excluding hydrogens is 340 g/mol. The number of carbonyl (C=O) groups excluding carboxylic acids is 1. The summed E-state index contributed by atoms with van der Waals surface area (Å²) in [6.07, 6.45) is 2.56. The average molecular weight is 368 g/mol. The molecule has 0 aliphatic rings. The van der Waals surface area contributed by atoms with Crippen LogP contribution in [-0.4, -0.2) is 25.3 Å². The van der Waals surface area contributed by atoms with Gasteiger partial charge in [-0.15, -0.1) is 0 Å². The molecule has 0 aliphatic heterocycles. The van der Waals surface area contributed by atoms with Gasteiger partial charge in [0.2, 0.25) is 0 Å². The van der Waals surface area contributed by atoms with E-state index in [1.807, 2.05) is 49.4 Å². The fourth-order valence-corrected chi connectivity index (χ4v) is 2.47. The van der Waals surface area contributed by atoms with Crippen LogP contribution in [-0.2, 0) is 4.79 Å². The van der Waals surface area contributed by atoms with Crippen molar-refractivity contribution in [2.24, 2.45) is 5.10 Å². The topological polar surface area (TPSA) is 59.9 Å². The summed E-state index contributed by atoms with van der Waals surface area (Å²) in [7, 11) is 0. The molecule has 27 heavy (non-hydrogen) atoms. The second-order valence-corrected chi connectivity index (χ2v) is 6.70. The van der Waals surface area contributed by atoms with Crippen molar-refractivity contribution in [3.63, 3.8) is 0 Å². The highest BCUT2D eigenvalue weighted by Crippen LogP contribution is 2.27. The summed E-state index contributed by atoms with van der Waals surface area (Å²) in [5, 5.41) is 3.98. The second kappa shape index (κ2) is 10.4. The first kappa shape index (κ1) is 20.5. The van der Waals surface area contributed by atoms with Crippen molar-refractivity contribution in [2.45, 2.75) is 40.0 Å². The number of nitrogens with one attached hydrogen (secondary N) is 1. The molecule has 0 heterocycles. The van der Waals surface area contributed by atoms with E-state index in [0.717, 1.165) is 34.6 Å². The Morgan fingerprint density at radius 3 is 2.56 bits per heavy atom.